The van der Waals surface area contributed by atoms with Crippen molar-refractivity contribution in [1.29, 1.82) is 0 Å². The van der Waals surface area contributed by atoms with Gasteiger partial charge >= 0.3 is 0 Å². The van der Waals surface area contributed by atoms with Crippen LogP contribution in [0.15, 0.2) is 18.5 Å². The Bertz CT molecular complexity index is 530. The minimum Gasteiger partial charge on any atom is -0.336 e. The Kier molecular flexibility index (Phi) is 3.15. The zero-order valence-electron chi connectivity index (χ0n) is 11.3. The summed E-state index contributed by atoms with van der Waals surface area (Å²) in [5.41, 5.74) is 2.04. The largest absolute Gasteiger partial charge is 0.336 e. The molecule has 3 rings (SSSR count). The van der Waals surface area contributed by atoms with E-state index in [1.165, 1.54) is 6.42 Å². The van der Waals surface area contributed by atoms with Crippen molar-refractivity contribution < 1.29 is 0 Å². The molecule has 0 aromatic carbocycles. The summed E-state index contributed by atoms with van der Waals surface area (Å²) in [6, 6.07) is 2.41. The van der Waals surface area contributed by atoms with E-state index < -0.39 is 0 Å². The topological polar surface area (TPSA) is 59.7 Å². The summed E-state index contributed by atoms with van der Waals surface area (Å²) in [6.07, 6.45) is 5.94. The predicted octanol–water partition coefficient (Wildman–Crippen LogP) is 1.35. The zero-order chi connectivity index (χ0) is 13.2. The fourth-order valence-corrected chi connectivity index (χ4v) is 2.67. The first-order valence-electron chi connectivity index (χ1n) is 6.65. The van der Waals surface area contributed by atoms with Gasteiger partial charge in [-0.25, -0.2) is 9.97 Å². The van der Waals surface area contributed by atoms with Crippen molar-refractivity contribution in [2.24, 2.45) is 0 Å². The molecule has 0 amide bonds. The molecule has 0 radical (unpaired) electrons. The molecule has 0 unspecified atom stereocenters. The van der Waals surface area contributed by atoms with Crippen LogP contribution in [0.4, 0.5) is 5.95 Å². The lowest BCUT2D eigenvalue weighted by Gasteiger charge is -2.24. The quantitative estimate of drug-likeness (QED) is 0.831. The summed E-state index contributed by atoms with van der Waals surface area (Å²) in [5, 5.41) is 7.90. The molecule has 0 bridgehead atoms. The van der Waals surface area contributed by atoms with E-state index in [-0.39, 0.29) is 0 Å². The van der Waals surface area contributed by atoms with Crippen LogP contribution in [0.1, 0.15) is 24.2 Å². The molecule has 1 aliphatic heterocycles. The van der Waals surface area contributed by atoms with E-state index in [2.05, 4.69) is 25.2 Å². The maximum atomic E-state index is 4.57. The van der Waals surface area contributed by atoms with E-state index in [1.54, 1.807) is 6.20 Å². The van der Waals surface area contributed by atoms with Gasteiger partial charge in [0.05, 0.1) is 18.8 Å². The van der Waals surface area contributed by atoms with Crippen molar-refractivity contribution in [3.05, 3.63) is 29.8 Å². The van der Waals surface area contributed by atoms with Gasteiger partial charge in [-0.15, -0.1) is 5.10 Å². The number of rotatable bonds is 3. The molecule has 1 aliphatic rings. The maximum Gasteiger partial charge on any atom is 0.226 e. The summed E-state index contributed by atoms with van der Waals surface area (Å²) in [4.78, 5) is 11.4. The number of hydrogen-bond donors (Lipinski definition) is 0. The van der Waals surface area contributed by atoms with Crippen molar-refractivity contribution in [3.8, 4) is 0 Å². The molecule has 0 aliphatic carbocycles. The Morgan fingerprint density at radius 2 is 2.05 bits per heavy atom. The first-order valence-corrected chi connectivity index (χ1v) is 6.65. The van der Waals surface area contributed by atoms with Crippen LogP contribution in [-0.4, -0.2) is 37.5 Å². The Balaban J connectivity index is 1.82. The van der Waals surface area contributed by atoms with Crippen LogP contribution in [0, 0.1) is 13.8 Å². The molecule has 2 aromatic rings. The van der Waals surface area contributed by atoms with Gasteiger partial charge in [0.1, 0.15) is 0 Å². The minimum atomic E-state index is 0.405. The molecule has 6 heteroatoms. The third kappa shape index (κ3) is 2.57. The van der Waals surface area contributed by atoms with Gasteiger partial charge in [0.2, 0.25) is 5.95 Å². The highest BCUT2D eigenvalue weighted by Crippen LogP contribution is 2.23. The van der Waals surface area contributed by atoms with Crippen LogP contribution in [0.5, 0.6) is 0 Å². The molecule has 0 spiro atoms. The molecule has 100 valence electrons. The highest BCUT2D eigenvalue weighted by molar-refractivity contribution is 5.35. The fraction of sp³-hybridized carbons (Fsp3) is 0.538. The predicted molar refractivity (Wildman–Crippen MR) is 71.9 cm³/mol. The summed E-state index contributed by atoms with van der Waals surface area (Å²) >= 11 is 0. The zero-order valence-corrected chi connectivity index (χ0v) is 11.3. The third-order valence-corrected chi connectivity index (χ3v) is 3.47. The second-order valence-corrected chi connectivity index (χ2v) is 5.07. The molecule has 6 nitrogen and oxygen atoms in total. The summed E-state index contributed by atoms with van der Waals surface area (Å²) in [6.45, 7) is 5.89. The highest BCUT2D eigenvalue weighted by atomic mass is 15.4. The van der Waals surface area contributed by atoms with E-state index in [9.17, 15) is 0 Å². The van der Waals surface area contributed by atoms with Gasteiger partial charge in [0.15, 0.2) is 0 Å². The lowest BCUT2D eigenvalue weighted by atomic mass is 10.2. The molecule has 0 N–H and O–H groups in total. The first kappa shape index (κ1) is 12.1. The van der Waals surface area contributed by atoms with Gasteiger partial charge in [-0.1, -0.05) is 5.21 Å². The number of anilines is 1. The smallest absolute Gasteiger partial charge is 0.226 e. The fourth-order valence-electron chi connectivity index (χ4n) is 2.67. The Morgan fingerprint density at radius 3 is 2.74 bits per heavy atom. The average Bonchev–Trinajstić information content (AvgIpc) is 2.99. The van der Waals surface area contributed by atoms with Crippen LogP contribution in [-0.2, 0) is 6.54 Å². The lowest BCUT2D eigenvalue weighted by molar-refractivity contribution is 0.493. The van der Waals surface area contributed by atoms with Crippen molar-refractivity contribution in [1.82, 2.24) is 25.0 Å². The molecular weight excluding hydrogens is 240 g/mol. The Labute approximate surface area is 112 Å². The van der Waals surface area contributed by atoms with Gasteiger partial charge in [-0.2, -0.15) is 0 Å². The van der Waals surface area contributed by atoms with Crippen LogP contribution in [0.25, 0.3) is 0 Å². The second kappa shape index (κ2) is 4.95. The second-order valence-electron chi connectivity index (χ2n) is 5.07. The van der Waals surface area contributed by atoms with Gasteiger partial charge in [0, 0.05) is 24.1 Å². The van der Waals surface area contributed by atoms with Crippen LogP contribution < -0.4 is 4.90 Å². The van der Waals surface area contributed by atoms with Gasteiger partial charge in [-0.05, 0) is 32.8 Å². The SMILES string of the molecule is Cc1cc(C)nc(N2CCC[C@H]2Cn2ccnn2)n1. The van der Waals surface area contributed by atoms with Crippen molar-refractivity contribution >= 4 is 5.95 Å². The highest BCUT2D eigenvalue weighted by Gasteiger charge is 2.27. The average molecular weight is 258 g/mol. The van der Waals surface area contributed by atoms with Crippen LogP contribution >= 0.6 is 0 Å². The van der Waals surface area contributed by atoms with Crippen LogP contribution in [0.2, 0.25) is 0 Å². The number of aromatic nitrogens is 5. The number of aryl methyl sites for hydroxylation is 2. The standard InChI is InChI=1S/C13H18N6/c1-10-8-11(2)16-13(15-10)19-6-3-4-12(19)9-18-7-5-14-17-18/h5,7-8,12H,3-4,6,9H2,1-2H3/t12-/m0/s1. The first-order chi connectivity index (χ1) is 9.22. The van der Waals surface area contributed by atoms with Crippen molar-refractivity contribution in [2.75, 3.05) is 11.4 Å². The van der Waals surface area contributed by atoms with E-state index in [1.807, 2.05) is 30.8 Å². The van der Waals surface area contributed by atoms with Crippen LogP contribution in [0.3, 0.4) is 0 Å². The van der Waals surface area contributed by atoms with Gasteiger partial charge in [0.25, 0.3) is 0 Å². The molecule has 0 saturated carbocycles. The van der Waals surface area contributed by atoms with E-state index in [0.717, 1.165) is 36.8 Å². The van der Waals surface area contributed by atoms with Gasteiger partial charge < -0.3 is 4.90 Å². The monoisotopic (exact) mass is 258 g/mol. The number of hydrogen-bond acceptors (Lipinski definition) is 5. The Morgan fingerprint density at radius 1 is 1.26 bits per heavy atom. The summed E-state index contributed by atoms with van der Waals surface area (Å²) < 4.78 is 1.88. The van der Waals surface area contributed by atoms with Crippen molar-refractivity contribution in [3.63, 3.8) is 0 Å². The lowest BCUT2D eigenvalue weighted by Crippen LogP contribution is -2.34. The third-order valence-electron chi connectivity index (χ3n) is 3.47. The van der Waals surface area contributed by atoms with E-state index in [4.69, 9.17) is 0 Å². The number of nitrogens with zero attached hydrogens (tertiary/aromatic N) is 6. The van der Waals surface area contributed by atoms with Gasteiger partial charge in [-0.3, -0.25) is 4.68 Å². The minimum absolute atomic E-state index is 0.405. The molecule has 19 heavy (non-hydrogen) atoms. The summed E-state index contributed by atoms with van der Waals surface area (Å²) in [7, 11) is 0. The molecule has 3 heterocycles. The molecule has 2 aromatic heterocycles. The molecular formula is C13H18N6. The molecule has 1 atom stereocenters. The normalized spacial score (nSPS) is 19.1. The van der Waals surface area contributed by atoms with E-state index in [0.29, 0.717) is 6.04 Å². The maximum absolute atomic E-state index is 4.57. The van der Waals surface area contributed by atoms with Crippen molar-refractivity contribution in [2.45, 2.75) is 39.3 Å². The molecule has 1 saturated heterocycles. The van der Waals surface area contributed by atoms with E-state index >= 15 is 0 Å². The molecule has 1 fully saturated rings. The summed E-state index contributed by atoms with van der Waals surface area (Å²) in [5.74, 6) is 0.847. The Hall–Kier alpha value is -1.98.